The van der Waals surface area contributed by atoms with Crippen LogP contribution in [0, 0.1) is 0 Å². The molecule has 1 saturated heterocycles. The van der Waals surface area contributed by atoms with Crippen molar-refractivity contribution in [2.75, 3.05) is 20.2 Å². The Labute approximate surface area is 80.1 Å². The van der Waals surface area contributed by atoms with Crippen molar-refractivity contribution >= 4 is 0 Å². The normalized spacial score (nSPS) is 36.0. The number of alkyl halides is 1. The summed E-state index contributed by atoms with van der Waals surface area (Å²) in [7, 11) is 1.96. The zero-order chi connectivity index (χ0) is 10.1. The molecule has 2 nitrogen and oxygen atoms in total. The second-order valence-corrected chi connectivity index (χ2v) is 4.41. The maximum Gasteiger partial charge on any atom is 0.127 e. The SMILES string of the molecule is CC(C)OC[C@@H]1N(C)CC[C@]1(C)F. The quantitative estimate of drug-likeness (QED) is 0.671. The minimum atomic E-state index is -1.08. The molecule has 1 fully saturated rings. The van der Waals surface area contributed by atoms with E-state index in [0.29, 0.717) is 13.0 Å². The van der Waals surface area contributed by atoms with Crippen LogP contribution in [0.1, 0.15) is 27.2 Å². The van der Waals surface area contributed by atoms with Gasteiger partial charge in [0.15, 0.2) is 0 Å². The van der Waals surface area contributed by atoms with Gasteiger partial charge in [0.1, 0.15) is 5.67 Å². The molecule has 0 aromatic rings. The third-order valence-corrected chi connectivity index (χ3v) is 2.77. The summed E-state index contributed by atoms with van der Waals surface area (Å²) >= 11 is 0. The number of hydrogen-bond donors (Lipinski definition) is 0. The van der Waals surface area contributed by atoms with Crippen LogP contribution in [0.3, 0.4) is 0 Å². The van der Waals surface area contributed by atoms with Gasteiger partial charge in [-0.1, -0.05) is 0 Å². The van der Waals surface area contributed by atoms with Gasteiger partial charge < -0.3 is 4.74 Å². The molecule has 78 valence electrons. The van der Waals surface area contributed by atoms with Crippen LogP contribution in [0.5, 0.6) is 0 Å². The Hall–Kier alpha value is -0.150. The fourth-order valence-electron chi connectivity index (χ4n) is 1.76. The molecule has 0 amide bonds. The smallest absolute Gasteiger partial charge is 0.127 e. The van der Waals surface area contributed by atoms with Gasteiger partial charge in [-0.3, -0.25) is 4.90 Å². The summed E-state index contributed by atoms with van der Waals surface area (Å²) in [5, 5.41) is 0. The monoisotopic (exact) mass is 189 g/mol. The van der Waals surface area contributed by atoms with E-state index in [1.165, 1.54) is 0 Å². The molecule has 0 radical (unpaired) electrons. The topological polar surface area (TPSA) is 12.5 Å². The van der Waals surface area contributed by atoms with Crippen LogP contribution >= 0.6 is 0 Å². The highest BCUT2D eigenvalue weighted by molar-refractivity contribution is 4.95. The van der Waals surface area contributed by atoms with Gasteiger partial charge in [0.2, 0.25) is 0 Å². The fourth-order valence-corrected chi connectivity index (χ4v) is 1.76. The van der Waals surface area contributed by atoms with Crippen molar-refractivity contribution in [2.45, 2.75) is 45.0 Å². The highest BCUT2D eigenvalue weighted by Gasteiger charge is 2.42. The van der Waals surface area contributed by atoms with Crippen LogP contribution in [0.15, 0.2) is 0 Å². The molecule has 0 unspecified atom stereocenters. The van der Waals surface area contributed by atoms with E-state index in [4.69, 9.17) is 4.74 Å². The molecule has 0 saturated carbocycles. The van der Waals surface area contributed by atoms with Crippen LogP contribution in [0.25, 0.3) is 0 Å². The van der Waals surface area contributed by atoms with Crippen LogP contribution in [0.2, 0.25) is 0 Å². The Morgan fingerprint density at radius 2 is 2.23 bits per heavy atom. The molecule has 1 aliphatic rings. The third kappa shape index (κ3) is 2.64. The summed E-state index contributed by atoms with van der Waals surface area (Å²) in [5.41, 5.74) is -1.08. The second-order valence-electron chi connectivity index (χ2n) is 4.41. The standard InChI is InChI=1S/C10H20FNO/c1-8(2)13-7-9-10(3,11)5-6-12(9)4/h8-9H,5-7H2,1-4H3/t9-,10-/m0/s1. The van der Waals surface area contributed by atoms with Crippen molar-refractivity contribution < 1.29 is 9.13 Å². The maximum absolute atomic E-state index is 13.9. The summed E-state index contributed by atoms with van der Waals surface area (Å²) in [6.45, 7) is 6.96. The summed E-state index contributed by atoms with van der Waals surface area (Å²) in [6, 6.07) is -0.0742. The number of halogens is 1. The van der Waals surface area contributed by atoms with Crippen molar-refractivity contribution in [3.8, 4) is 0 Å². The van der Waals surface area contributed by atoms with Gasteiger partial charge in [-0.2, -0.15) is 0 Å². The molecule has 1 rings (SSSR count). The largest absolute Gasteiger partial charge is 0.377 e. The third-order valence-electron chi connectivity index (χ3n) is 2.77. The number of likely N-dealkylation sites (tertiary alicyclic amines) is 1. The predicted molar refractivity (Wildman–Crippen MR) is 51.6 cm³/mol. The lowest BCUT2D eigenvalue weighted by atomic mass is 10.0. The van der Waals surface area contributed by atoms with E-state index in [1.54, 1.807) is 6.92 Å². The van der Waals surface area contributed by atoms with Gasteiger partial charge in [0.25, 0.3) is 0 Å². The maximum atomic E-state index is 13.9. The lowest BCUT2D eigenvalue weighted by Gasteiger charge is -2.27. The molecule has 0 aromatic carbocycles. The summed E-state index contributed by atoms with van der Waals surface area (Å²) in [6.07, 6.45) is 0.806. The molecule has 0 N–H and O–H groups in total. The van der Waals surface area contributed by atoms with Crippen LogP contribution in [-0.2, 0) is 4.74 Å². The van der Waals surface area contributed by atoms with Gasteiger partial charge in [-0.15, -0.1) is 0 Å². The van der Waals surface area contributed by atoms with E-state index in [9.17, 15) is 4.39 Å². The van der Waals surface area contributed by atoms with Gasteiger partial charge in [0.05, 0.1) is 18.8 Å². The highest BCUT2D eigenvalue weighted by atomic mass is 19.1. The number of nitrogens with zero attached hydrogens (tertiary/aromatic N) is 1. The summed E-state index contributed by atoms with van der Waals surface area (Å²) in [5.74, 6) is 0. The Kier molecular flexibility index (Phi) is 3.30. The average Bonchev–Trinajstić information content (AvgIpc) is 2.23. The number of hydrogen-bond acceptors (Lipinski definition) is 2. The van der Waals surface area contributed by atoms with Gasteiger partial charge >= 0.3 is 0 Å². The molecule has 0 aromatic heterocycles. The first-order valence-corrected chi connectivity index (χ1v) is 4.94. The van der Waals surface area contributed by atoms with Crippen molar-refractivity contribution in [1.29, 1.82) is 0 Å². The van der Waals surface area contributed by atoms with Gasteiger partial charge in [-0.25, -0.2) is 4.39 Å². The minimum absolute atomic E-state index is 0.0742. The molecule has 2 atom stereocenters. The van der Waals surface area contributed by atoms with E-state index < -0.39 is 5.67 Å². The van der Waals surface area contributed by atoms with Crippen molar-refractivity contribution in [3.05, 3.63) is 0 Å². The number of likely N-dealkylation sites (N-methyl/N-ethyl adjacent to an activating group) is 1. The van der Waals surface area contributed by atoms with Crippen LogP contribution in [-0.4, -0.2) is 42.9 Å². The first-order chi connectivity index (χ1) is 5.93. The molecular weight excluding hydrogens is 169 g/mol. The Bertz CT molecular complexity index is 170. The van der Waals surface area contributed by atoms with Crippen molar-refractivity contribution in [2.24, 2.45) is 0 Å². The fraction of sp³-hybridized carbons (Fsp3) is 1.00. The van der Waals surface area contributed by atoms with Gasteiger partial charge in [0, 0.05) is 6.54 Å². The predicted octanol–water partition coefficient (Wildman–Crippen LogP) is 1.84. The van der Waals surface area contributed by atoms with E-state index in [0.717, 1.165) is 6.54 Å². The Balaban J connectivity index is 2.46. The Morgan fingerprint density at radius 1 is 1.62 bits per heavy atom. The zero-order valence-corrected chi connectivity index (χ0v) is 9.01. The minimum Gasteiger partial charge on any atom is -0.377 e. The lowest BCUT2D eigenvalue weighted by molar-refractivity contribution is 0.00327. The van der Waals surface area contributed by atoms with Crippen molar-refractivity contribution in [3.63, 3.8) is 0 Å². The average molecular weight is 189 g/mol. The molecule has 1 aliphatic heterocycles. The van der Waals surface area contributed by atoms with E-state index >= 15 is 0 Å². The van der Waals surface area contributed by atoms with Gasteiger partial charge in [-0.05, 0) is 34.2 Å². The molecule has 0 bridgehead atoms. The Morgan fingerprint density at radius 3 is 2.62 bits per heavy atom. The molecule has 3 heteroatoms. The van der Waals surface area contributed by atoms with Crippen molar-refractivity contribution in [1.82, 2.24) is 4.90 Å². The lowest BCUT2D eigenvalue weighted by Crippen LogP contribution is -2.42. The van der Waals surface area contributed by atoms with Crippen LogP contribution in [0.4, 0.5) is 4.39 Å². The summed E-state index contributed by atoms with van der Waals surface area (Å²) in [4.78, 5) is 2.04. The van der Waals surface area contributed by atoms with E-state index in [2.05, 4.69) is 0 Å². The zero-order valence-electron chi connectivity index (χ0n) is 9.01. The molecule has 0 spiro atoms. The number of ether oxygens (including phenoxy) is 1. The molecule has 1 heterocycles. The molecule has 0 aliphatic carbocycles. The first kappa shape index (κ1) is 10.9. The second kappa shape index (κ2) is 3.93. The molecule has 13 heavy (non-hydrogen) atoms. The molecular formula is C10H20FNO. The summed E-state index contributed by atoms with van der Waals surface area (Å²) < 4.78 is 19.3. The van der Waals surface area contributed by atoms with E-state index in [1.807, 2.05) is 25.8 Å². The van der Waals surface area contributed by atoms with Crippen LogP contribution < -0.4 is 0 Å². The van der Waals surface area contributed by atoms with E-state index in [-0.39, 0.29) is 12.1 Å². The highest BCUT2D eigenvalue weighted by Crippen LogP contribution is 2.31. The number of rotatable bonds is 3. The first-order valence-electron chi connectivity index (χ1n) is 4.94.